The first-order valence-corrected chi connectivity index (χ1v) is 5.82. The Morgan fingerprint density at radius 2 is 2.47 bits per heavy atom. The van der Waals surface area contributed by atoms with E-state index in [4.69, 9.17) is 10.5 Å². The minimum Gasteiger partial charge on any atom is -0.381 e. The lowest BCUT2D eigenvalue weighted by molar-refractivity contribution is 0.0878. The first-order valence-electron chi connectivity index (χ1n) is 5.82. The molecule has 1 heterocycles. The van der Waals surface area contributed by atoms with Crippen molar-refractivity contribution in [2.45, 2.75) is 44.8 Å². The fourth-order valence-electron chi connectivity index (χ4n) is 1.92. The van der Waals surface area contributed by atoms with Gasteiger partial charge in [-0.15, -0.1) is 0 Å². The fourth-order valence-corrected chi connectivity index (χ4v) is 1.92. The maximum absolute atomic E-state index is 5.56. The summed E-state index contributed by atoms with van der Waals surface area (Å²) in [5.41, 5.74) is 5.56. The van der Waals surface area contributed by atoms with E-state index in [1.54, 1.807) is 7.11 Å². The molecule has 4 heteroatoms. The maximum atomic E-state index is 5.56. The zero-order valence-electron chi connectivity index (χ0n) is 9.83. The summed E-state index contributed by atoms with van der Waals surface area (Å²) in [7, 11) is 1.79. The molecule has 3 N–H and O–H groups in total. The van der Waals surface area contributed by atoms with Gasteiger partial charge in [-0.3, -0.25) is 4.99 Å². The molecule has 1 aliphatic heterocycles. The number of hydrogen-bond acceptors (Lipinski definition) is 4. The molecule has 0 fully saturated rings. The van der Waals surface area contributed by atoms with Gasteiger partial charge in [0.1, 0.15) is 5.84 Å². The molecule has 1 aliphatic rings. The van der Waals surface area contributed by atoms with Gasteiger partial charge in [0.25, 0.3) is 0 Å². The summed E-state index contributed by atoms with van der Waals surface area (Å²) < 4.78 is 5.36. The van der Waals surface area contributed by atoms with Crippen LogP contribution < -0.4 is 11.1 Å². The lowest BCUT2D eigenvalue weighted by atomic mass is 10.0. The van der Waals surface area contributed by atoms with E-state index in [9.17, 15) is 0 Å². The van der Waals surface area contributed by atoms with Gasteiger partial charge in [-0.25, -0.2) is 0 Å². The number of hydrogen-bond donors (Lipinski definition) is 2. The van der Waals surface area contributed by atoms with E-state index in [1.807, 2.05) is 0 Å². The predicted octanol–water partition coefficient (Wildman–Crippen LogP) is 0.911. The van der Waals surface area contributed by atoms with Crippen LogP contribution in [0.25, 0.3) is 0 Å². The van der Waals surface area contributed by atoms with Crippen LogP contribution in [-0.4, -0.2) is 38.2 Å². The lowest BCUT2D eigenvalue weighted by Crippen LogP contribution is -2.43. The molecule has 0 aromatic carbocycles. The molecular weight excluding hydrogens is 190 g/mol. The van der Waals surface area contributed by atoms with Crippen molar-refractivity contribution < 1.29 is 4.74 Å². The van der Waals surface area contributed by atoms with E-state index in [1.165, 1.54) is 0 Å². The number of methoxy groups -OCH3 is 1. The fraction of sp³-hybridized carbons (Fsp3) is 0.909. The Bertz CT molecular complexity index is 202. The van der Waals surface area contributed by atoms with Crippen LogP contribution in [0.5, 0.6) is 0 Å². The molecule has 1 rings (SSSR count). The molecule has 0 saturated carbocycles. The Hall–Kier alpha value is -0.610. The van der Waals surface area contributed by atoms with Gasteiger partial charge in [-0.1, -0.05) is 6.92 Å². The first-order chi connectivity index (χ1) is 7.30. The number of nitrogens with two attached hydrogens (primary N) is 1. The molecule has 0 aromatic rings. The van der Waals surface area contributed by atoms with Crippen molar-refractivity contribution in [3.63, 3.8) is 0 Å². The molecule has 0 radical (unpaired) electrons. The molecule has 0 spiro atoms. The van der Waals surface area contributed by atoms with Crippen LogP contribution in [0.3, 0.4) is 0 Å². The van der Waals surface area contributed by atoms with Gasteiger partial charge in [-0.05, 0) is 25.7 Å². The smallest absolute Gasteiger partial charge is 0.110 e. The number of amidine groups is 1. The average molecular weight is 213 g/mol. The topological polar surface area (TPSA) is 59.6 Å². The van der Waals surface area contributed by atoms with Crippen molar-refractivity contribution in [1.29, 1.82) is 0 Å². The lowest BCUT2D eigenvalue weighted by Gasteiger charge is -2.25. The number of rotatable bonds is 6. The SMILES string of the molecule is CCC(CCC1CCN=C(CN)N1)OC. The molecule has 4 nitrogen and oxygen atoms in total. The van der Waals surface area contributed by atoms with Crippen LogP contribution in [0.1, 0.15) is 32.6 Å². The Balaban J connectivity index is 2.25. The first kappa shape index (κ1) is 12.5. The monoisotopic (exact) mass is 213 g/mol. The second kappa shape index (κ2) is 6.80. The van der Waals surface area contributed by atoms with E-state index >= 15 is 0 Å². The number of nitrogens with one attached hydrogen (secondary N) is 1. The van der Waals surface area contributed by atoms with Gasteiger partial charge in [0.2, 0.25) is 0 Å². The minimum atomic E-state index is 0.395. The third kappa shape index (κ3) is 4.18. The molecule has 15 heavy (non-hydrogen) atoms. The molecule has 0 saturated heterocycles. The maximum Gasteiger partial charge on any atom is 0.110 e. The standard InChI is InChI=1S/C11H23N3O/c1-3-10(15-2)5-4-9-6-7-13-11(8-12)14-9/h9-10H,3-8,12H2,1-2H3,(H,13,14). The number of nitrogens with zero attached hydrogens (tertiary/aromatic N) is 1. The summed E-state index contributed by atoms with van der Waals surface area (Å²) in [6, 6.07) is 0.533. The molecule has 0 aromatic heterocycles. The second-order valence-corrected chi connectivity index (χ2v) is 4.01. The van der Waals surface area contributed by atoms with Crippen molar-refractivity contribution >= 4 is 5.84 Å². The molecule has 0 aliphatic carbocycles. The Kier molecular flexibility index (Phi) is 5.65. The van der Waals surface area contributed by atoms with E-state index in [0.29, 0.717) is 18.7 Å². The molecule has 2 atom stereocenters. The van der Waals surface area contributed by atoms with E-state index < -0.39 is 0 Å². The van der Waals surface area contributed by atoms with Gasteiger partial charge >= 0.3 is 0 Å². The molecule has 88 valence electrons. The van der Waals surface area contributed by atoms with Crippen molar-refractivity contribution in [2.24, 2.45) is 10.7 Å². The Morgan fingerprint density at radius 1 is 1.67 bits per heavy atom. The third-order valence-corrected chi connectivity index (χ3v) is 2.97. The van der Waals surface area contributed by atoms with Crippen molar-refractivity contribution in [3.8, 4) is 0 Å². The second-order valence-electron chi connectivity index (χ2n) is 4.01. The van der Waals surface area contributed by atoms with E-state index in [2.05, 4.69) is 17.2 Å². The Morgan fingerprint density at radius 3 is 3.07 bits per heavy atom. The van der Waals surface area contributed by atoms with Crippen LogP contribution in [-0.2, 0) is 4.74 Å². The van der Waals surface area contributed by atoms with Crippen LogP contribution >= 0.6 is 0 Å². The van der Waals surface area contributed by atoms with Gasteiger partial charge in [0.15, 0.2) is 0 Å². The van der Waals surface area contributed by atoms with Crippen LogP contribution in [0.2, 0.25) is 0 Å². The summed E-state index contributed by atoms with van der Waals surface area (Å²) >= 11 is 0. The molecule has 0 amide bonds. The minimum absolute atomic E-state index is 0.395. The molecular formula is C11H23N3O. The van der Waals surface area contributed by atoms with Crippen LogP contribution in [0.4, 0.5) is 0 Å². The highest BCUT2D eigenvalue weighted by Crippen LogP contribution is 2.12. The quantitative estimate of drug-likeness (QED) is 0.689. The van der Waals surface area contributed by atoms with E-state index in [-0.39, 0.29) is 0 Å². The van der Waals surface area contributed by atoms with Crippen molar-refractivity contribution in [2.75, 3.05) is 20.2 Å². The van der Waals surface area contributed by atoms with Crippen LogP contribution in [0.15, 0.2) is 4.99 Å². The summed E-state index contributed by atoms with van der Waals surface area (Å²) in [5.74, 6) is 0.955. The summed E-state index contributed by atoms with van der Waals surface area (Å²) in [6.07, 6.45) is 4.85. The number of ether oxygens (including phenoxy) is 1. The number of aliphatic imine (C=N–C) groups is 1. The third-order valence-electron chi connectivity index (χ3n) is 2.97. The van der Waals surface area contributed by atoms with E-state index in [0.717, 1.165) is 38.1 Å². The highest BCUT2D eigenvalue weighted by atomic mass is 16.5. The zero-order chi connectivity index (χ0) is 11.1. The van der Waals surface area contributed by atoms with Gasteiger partial charge < -0.3 is 15.8 Å². The van der Waals surface area contributed by atoms with Gasteiger partial charge in [0.05, 0.1) is 12.6 Å². The van der Waals surface area contributed by atoms with Gasteiger partial charge in [0, 0.05) is 19.7 Å². The van der Waals surface area contributed by atoms with Crippen molar-refractivity contribution in [1.82, 2.24) is 5.32 Å². The van der Waals surface area contributed by atoms with Gasteiger partial charge in [-0.2, -0.15) is 0 Å². The average Bonchev–Trinajstić information content (AvgIpc) is 2.31. The summed E-state index contributed by atoms with van der Waals surface area (Å²) in [5, 5.41) is 3.38. The highest BCUT2D eigenvalue weighted by molar-refractivity contribution is 5.84. The highest BCUT2D eigenvalue weighted by Gasteiger charge is 2.16. The summed E-state index contributed by atoms with van der Waals surface area (Å²) in [6.45, 7) is 3.60. The normalized spacial score (nSPS) is 23.1. The van der Waals surface area contributed by atoms with Crippen molar-refractivity contribution in [3.05, 3.63) is 0 Å². The molecule has 0 bridgehead atoms. The Labute approximate surface area is 92.3 Å². The summed E-state index contributed by atoms with van der Waals surface area (Å²) in [4.78, 5) is 4.31. The van der Waals surface area contributed by atoms with Crippen LogP contribution in [0, 0.1) is 0 Å². The molecule has 2 unspecified atom stereocenters. The predicted molar refractivity (Wildman–Crippen MR) is 63.2 cm³/mol. The zero-order valence-corrected chi connectivity index (χ0v) is 9.83. The largest absolute Gasteiger partial charge is 0.381 e.